The molecule has 1 N–H and O–H groups in total. The van der Waals surface area contributed by atoms with Gasteiger partial charge in [0.2, 0.25) is 0 Å². The Kier molecular flexibility index (Phi) is 4.85. The Labute approximate surface area is 126 Å². The van der Waals surface area contributed by atoms with Gasteiger partial charge in [0.1, 0.15) is 5.75 Å². The van der Waals surface area contributed by atoms with Crippen molar-refractivity contribution in [3.63, 3.8) is 0 Å². The highest BCUT2D eigenvalue weighted by Crippen LogP contribution is 2.27. The van der Waals surface area contributed by atoms with Crippen molar-refractivity contribution >= 4 is 5.71 Å². The Balaban J connectivity index is 1.79. The van der Waals surface area contributed by atoms with E-state index in [0.29, 0.717) is 6.61 Å². The van der Waals surface area contributed by atoms with Crippen molar-refractivity contribution in [1.29, 1.82) is 5.26 Å². The van der Waals surface area contributed by atoms with E-state index in [9.17, 15) is 0 Å². The maximum absolute atomic E-state index is 8.95. The topological polar surface area (TPSA) is 65.6 Å². The molecule has 1 aliphatic rings. The van der Waals surface area contributed by atoms with E-state index < -0.39 is 0 Å². The third-order valence-electron chi connectivity index (χ3n) is 3.91. The summed E-state index contributed by atoms with van der Waals surface area (Å²) in [6.45, 7) is 4.60. The van der Waals surface area contributed by atoms with E-state index in [-0.39, 0.29) is 5.41 Å². The van der Waals surface area contributed by atoms with Crippen molar-refractivity contribution in [2.45, 2.75) is 46.0 Å². The predicted octanol–water partition coefficient (Wildman–Crippen LogP) is 3.91. The van der Waals surface area contributed by atoms with Crippen LogP contribution >= 0.6 is 0 Å². The highest BCUT2D eigenvalue weighted by molar-refractivity contribution is 6.04. The number of hydrogen-bond donors (Lipinski definition) is 1. The van der Waals surface area contributed by atoms with Crippen LogP contribution in [0.5, 0.6) is 5.75 Å². The van der Waals surface area contributed by atoms with Crippen molar-refractivity contribution in [1.82, 2.24) is 0 Å². The molecule has 0 spiro atoms. The van der Waals surface area contributed by atoms with Gasteiger partial charge in [-0.3, -0.25) is 0 Å². The fourth-order valence-electron chi connectivity index (χ4n) is 2.55. The van der Waals surface area contributed by atoms with Crippen LogP contribution in [-0.4, -0.2) is 17.5 Å². The minimum Gasteiger partial charge on any atom is -0.494 e. The molecule has 2 rings (SSSR count). The van der Waals surface area contributed by atoms with E-state index in [0.717, 1.165) is 49.1 Å². The Hall–Kier alpha value is -2.02. The zero-order chi connectivity index (χ0) is 15.3. The van der Waals surface area contributed by atoms with Gasteiger partial charge in [-0.15, -0.1) is 0 Å². The van der Waals surface area contributed by atoms with E-state index in [1.807, 2.05) is 32.0 Å². The van der Waals surface area contributed by atoms with E-state index in [1.54, 1.807) is 0 Å². The molecule has 21 heavy (non-hydrogen) atoms. The van der Waals surface area contributed by atoms with Crippen molar-refractivity contribution in [2.24, 2.45) is 10.6 Å². The quantitative estimate of drug-likeness (QED) is 0.490. The second-order valence-electron chi connectivity index (χ2n) is 6.17. The number of fused-ring (bicyclic) bond motifs is 1. The van der Waals surface area contributed by atoms with Gasteiger partial charge < -0.3 is 9.94 Å². The van der Waals surface area contributed by atoms with Gasteiger partial charge in [-0.05, 0) is 69.7 Å². The lowest BCUT2D eigenvalue weighted by molar-refractivity contribution is 0.294. The number of nitrogens with zero attached hydrogens (tertiary/aromatic N) is 2. The average Bonchev–Trinajstić information content (AvgIpc) is 2.89. The van der Waals surface area contributed by atoms with Crippen molar-refractivity contribution < 1.29 is 9.94 Å². The summed E-state index contributed by atoms with van der Waals surface area (Å²) in [6, 6.07) is 8.24. The van der Waals surface area contributed by atoms with Crippen LogP contribution in [0, 0.1) is 16.7 Å². The fourth-order valence-corrected chi connectivity index (χ4v) is 2.55. The van der Waals surface area contributed by atoms with Gasteiger partial charge in [0.15, 0.2) is 0 Å². The summed E-state index contributed by atoms with van der Waals surface area (Å²) in [6.07, 6.45) is 4.53. The smallest absolute Gasteiger partial charge is 0.119 e. The fraction of sp³-hybridized carbons (Fsp3) is 0.529. The predicted molar refractivity (Wildman–Crippen MR) is 81.8 cm³/mol. The molecule has 0 saturated carbocycles. The maximum Gasteiger partial charge on any atom is 0.119 e. The van der Waals surface area contributed by atoms with Crippen LogP contribution in [-0.2, 0) is 6.42 Å². The molecule has 0 amide bonds. The molecule has 0 aromatic heterocycles. The molecule has 0 saturated heterocycles. The molecule has 1 aromatic carbocycles. The van der Waals surface area contributed by atoms with Crippen LogP contribution in [0.2, 0.25) is 0 Å². The van der Waals surface area contributed by atoms with Gasteiger partial charge in [-0.25, -0.2) is 0 Å². The molecule has 112 valence electrons. The van der Waals surface area contributed by atoms with E-state index in [1.165, 1.54) is 5.56 Å². The Morgan fingerprint density at radius 2 is 2.14 bits per heavy atom. The summed E-state index contributed by atoms with van der Waals surface area (Å²) in [5.74, 6) is 0.868. The zero-order valence-electron chi connectivity index (χ0n) is 12.7. The molecular formula is C17H22N2O2. The molecule has 0 aliphatic heterocycles. The van der Waals surface area contributed by atoms with Gasteiger partial charge in [-0.2, -0.15) is 5.26 Å². The van der Waals surface area contributed by atoms with Gasteiger partial charge in [0.25, 0.3) is 0 Å². The van der Waals surface area contributed by atoms with E-state index in [4.69, 9.17) is 15.2 Å². The summed E-state index contributed by atoms with van der Waals surface area (Å²) in [4.78, 5) is 0. The third kappa shape index (κ3) is 3.98. The first-order valence-electron chi connectivity index (χ1n) is 7.44. The maximum atomic E-state index is 8.95. The highest BCUT2D eigenvalue weighted by Gasteiger charge is 2.18. The standard InChI is InChI=1S/C17H22N2O2/c1-17(2,12-18)9-3-4-10-21-14-6-7-15-13(11-14)5-8-16(15)19-20/h6-7,11,20H,3-5,8-10H2,1-2H3/b19-16+. The largest absolute Gasteiger partial charge is 0.494 e. The number of oxime groups is 1. The molecule has 0 unspecified atom stereocenters. The van der Waals surface area contributed by atoms with Crippen LogP contribution in [0.4, 0.5) is 0 Å². The average molecular weight is 286 g/mol. The summed E-state index contributed by atoms with van der Waals surface area (Å²) in [7, 11) is 0. The number of nitriles is 1. The molecule has 4 heteroatoms. The molecule has 1 aromatic rings. The number of unbranched alkanes of at least 4 members (excludes halogenated alkanes) is 1. The van der Waals surface area contributed by atoms with Crippen LogP contribution in [0.15, 0.2) is 23.4 Å². The van der Waals surface area contributed by atoms with Gasteiger partial charge in [0, 0.05) is 5.56 Å². The third-order valence-corrected chi connectivity index (χ3v) is 3.91. The van der Waals surface area contributed by atoms with E-state index in [2.05, 4.69) is 11.2 Å². The minimum absolute atomic E-state index is 0.242. The van der Waals surface area contributed by atoms with Crippen molar-refractivity contribution in [3.8, 4) is 11.8 Å². The SMILES string of the molecule is CC(C)(C#N)CCCCOc1ccc2c(c1)CC/C2=N\O. The first-order valence-corrected chi connectivity index (χ1v) is 7.44. The molecule has 1 aliphatic carbocycles. The molecule has 0 atom stereocenters. The molecular weight excluding hydrogens is 264 g/mol. The number of rotatable bonds is 6. The molecule has 0 fully saturated rings. The van der Waals surface area contributed by atoms with Crippen molar-refractivity contribution in [3.05, 3.63) is 29.3 Å². The Morgan fingerprint density at radius 1 is 1.33 bits per heavy atom. The number of aryl methyl sites for hydroxylation is 1. The first kappa shape index (κ1) is 15.4. The van der Waals surface area contributed by atoms with Gasteiger partial charge in [-0.1, -0.05) is 5.16 Å². The lowest BCUT2D eigenvalue weighted by Crippen LogP contribution is -2.08. The number of benzene rings is 1. The molecule has 0 heterocycles. The second-order valence-corrected chi connectivity index (χ2v) is 6.17. The monoisotopic (exact) mass is 286 g/mol. The highest BCUT2D eigenvalue weighted by atomic mass is 16.5. The van der Waals surface area contributed by atoms with Gasteiger partial charge >= 0.3 is 0 Å². The summed E-state index contributed by atoms with van der Waals surface area (Å²) in [5.41, 5.74) is 2.73. The number of hydrogen-bond acceptors (Lipinski definition) is 4. The van der Waals surface area contributed by atoms with Crippen LogP contribution < -0.4 is 4.74 Å². The minimum atomic E-state index is -0.242. The Bertz CT molecular complexity index is 571. The first-order chi connectivity index (χ1) is 10.1. The van der Waals surface area contributed by atoms with Gasteiger partial charge in [0.05, 0.1) is 23.8 Å². The molecule has 0 radical (unpaired) electrons. The second kappa shape index (κ2) is 6.62. The lowest BCUT2D eigenvalue weighted by atomic mass is 9.89. The summed E-state index contributed by atoms with van der Waals surface area (Å²) >= 11 is 0. The summed E-state index contributed by atoms with van der Waals surface area (Å²) in [5, 5.41) is 21.2. The number of ether oxygens (including phenoxy) is 1. The zero-order valence-corrected chi connectivity index (χ0v) is 12.7. The normalized spacial score (nSPS) is 15.8. The summed E-state index contributed by atoms with van der Waals surface area (Å²) < 4.78 is 5.76. The Morgan fingerprint density at radius 3 is 2.86 bits per heavy atom. The van der Waals surface area contributed by atoms with Crippen LogP contribution in [0.3, 0.4) is 0 Å². The van der Waals surface area contributed by atoms with Crippen molar-refractivity contribution in [2.75, 3.05) is 6.61 Å². The lowest BCUT2D eigenvalue weighted by Gasteiger charge is -2.14. The van der Waals surface area contributed by atoms with Crippen LogP contribution in [0.25, 0.3) is 0 Å². The van der Waals surface area contributed by atoms with Crippen LogP contribution in [0.1, 0.15) is 50.7 Å². The molecule has 4 nitrogen and oxygen atoms in total. The van der Waals surface area contributed by atoms with E-state index >= 15 is 0 Å². The molecule has 0 bridgehead atoms.